The van der Waals surface area contributed by atoms with Gasteiger partial charge in [0.25, 0.3) is 5.91 Å². The van der Waals surface area contributed by atoms with E-state index in [1.807, 2.05) is 0 Å². The lowest BCUT2D eigenvalue weighted by Crippen LogP contribution is -2.16. The first-order valence-corrected chi connectivity index (χ1v) is 6.69. The Balaban J connectivity index is 2.26. The fourth-order valence-corrected chi connectivity index (χ4v) is 1.93. The number of ether oxygens (including phenoxy) is 1. The standard InChI is InChI=1S/C15H13ClN2O3/c1-2-21-15(20)10-6-3-4-8-12(10)18-14(19)11-7-5-9-17-13(11)16/h3-9H,2H2,1H3,(H,18,19). The van der Waals surface area contributed by atoms with Crippen LogP contribution >= 0.6 is 11.6 Å². The maximum Gasteiger partial charge on any atom is 0.340 e. The lowest BCUT2D eigenvalue weighted by atomic mass is 10.1. The first-order valence-electron chi connectivity index (χ1n) is 6.31. The van der Waals surface area contributed by atoms with Crippen molar-refractivity contribution in [1.29, 1.82) is 0 Å². The maximum atomic E-state index is 12.2. The molecule has 0 atom stereocenters. The van der Waals surface area contributed by atoms with E-state index in [4.69, 9.17) is 16.3 Å². The number of carbonyl (C=O) groups excluding carboxylic acids is 2. The summed E-state index contributed by atoms with van der Waals surface area (Å²) in [5.41, 5.74) is 0.881. The summed E-state index contributed by atoms with van der Waals surface area (Å²) < 4.78 is 4.95. The molecule has 108 valence electrons. The first-order chi connectivity index (χ1) is 10.1. The third kappa shape index (κ3) is 3.58. The van der Waals surface area contributed by atoms with Gasteiger partial charge in [0.1, 0.15) is 5.15 Å². The van der Waals surface area contributed by atoms with Crippen LogP contribution in [0.3, 0.4) is 0 Å². The van der Waals surface area contributed by atoms with Crippen LogP contribution in [0.5, 0.6) is 0 Å². The molecule has 2 rings (SSSR count). The third-order valence-corrected chi connectivity index (χ3v) is 2.98. The average Bonchev–Trinajstić information content (AvgIpc) is 2.48. The van der Waals surface area contributed by atoms with Crippen molar-refractivity contribution in [3.05, 3.63) is 58.9 Å². The predicted octanol–water partition coefficient (Wildman–Crippen LogP) is 3.16. The van der Waals surface area contributed by atoms with Crippen LogP contribution in [0, 0.1) is 0 Å². The highest BCUT2D eigenvalue weighted by atomic mass is 35.5. The van der Waals surface area contributed by atoms with E-state index in [1.54, 1.807) is 43.3 Å². The fraction of sp³-hybridized carbons (Fsp3) is 0.133. The van der Waals surface area contributed by atoms with Crippen molar-refractivity contribution < 1.29 is 14.3 Å². The molecule has 0 saturated carbocycles. The van der Waals surface area contributed by atoms with E-state index in [9.17, 15) is 9.59 Å². The predicted molar refractivity (Wildman–Crippen MR) is 79.6 cm³/mol. The van der Waals surface area contributed by atoms with Gasteiger partial charge in [-0.1, -0.05) is 23.7 Å². The molecular formula is C15H13ClN2O3. The number of pyridine rings is 1. The van der Waals surface area contributed by atoms with Gasteiger partial charge in [-0.3, -0.25) is 4.79 Å². The van der Waals surface area contributed by atoms with Crippen LogP contribution in [0.15, 0.2) is 42.6 Å². The van der Waals surface area contributed by atoms with Crippen molar-refractivity contribution in [1.82, 2.24) is 4.98 Å². The van der Waals surface area contributed by atoms with E-state index in [0.717, 1.165) is 0 Å². The third-order valence-electron chi connectivity index (χ3n) is 2.67. The number of para-hydroxylation sites is 1. The highest BCUT2D eigenvalue weighted by molar-refractivity contribution is 6.33. The van der Waals surface area contributed by atoms with Gasteiger partial charge in [0.15, 0.2) is 0 Å². The summed E-state index contributed by atoms with van der Waals surface area (Å²) in [6, 6.07) is 9.77. The summed E-state index contributed by atoms with van der Waals surface area (Å²) in [5.74, 6) is -0.935. The zero-order valence-corrected chi connectivity index (χ0v) is 12.1. The molecule has 1 heterocycles. The smallest absolute Gasteiger partial charge is 0.340 e. The van der Waals surface area contributed by atoms with E-state index in [0.29, 0.717) is 5.69 Å². The number of benzene rings is 1. The van der Waals surface area contributed by atoms with Gasteiger partial charge in [-0.25, -0.2) is 9.78 Å². The van der Waals surface area contributed by atoms with Crippen LogP contribution in [0.2, 0.25) is 5.15 Å². The molecule has 1 amide bonds. The first kappa shape index (κ1) is 15.0. The van der Waals surface area contributed by atoms with E-state index in [-0.39, 0.29) is 22.9 Å². The number of nitrogens with one attached hydrogen (secondary N) is 1. The van der Waals surface area contributed by atoms with Crippen molar-refractivity contribution in [2.24, 2.45) is 0 Å². The van der Waals surface area contributed by atoms with Gasteiger partial charge >= 0.3 is 5.97 Å². The van der Waals surface area contributed by atoms with E-state index in [2.05, 4.69) is 10.3 Å². The van der Waals surface area contributed by atoms with Gasteiger partial charge in [-0.05, 0) is 31.2 Å². The summed E-state index contributed by atoms with van der Waals surface area (Å²) in [5, 5.41) is 2.74. The molecule has 0 fully saturated rings. The van der Waals surface area contributed by atoms with Crippen LogP contribution in [0.25, 0.3) is 0 Å². The lowest BCUT2D eigenvalue weighted by Gasteiger charge is -2.10. The minimum absolute atomic E-state index is 0.101. The van der Waals surface area contributed by atoms with Crippen LogP contribution in [-0.2, 0) is 4.74 Å². The second-order valence-corrected chi connectivity index (χ2v) is 4.42. The van der Waals surface area contributed by atoms with E-state index < -0.39 is 11.9 Å². The molecule has 6 heteroatoms. The Kier molecular flexibility index (Phi) is 4.90. The van der Waals surface area contributed by atoms with Gasteiger partial charge in [0, 0.05) is 6.20 Å². The topological polar surface area (TPSA) is 68.3 Å². The highest BCUT2D eigenvalue weighted by Crippen LogP contribution is 2.19. The van der Waals surface area contributed by atoms with Crippen LogP contribution in [0.4, 0.5) is 5.69 Å². The second-order valence-electron chi connectivity index (χ2n) is 4.06. The molecule has 0 aliphatic heterocycles. The molecule has 2 aromatic rings. The number of amides is 1. The van der Waals surface area contributed by atoms with Crippen LogP contribution in [0.1, 0.15) is 27.6 Å². The molecule has 0 bridgehead atoms. The second kappa shape index (κ2) is 6.85. The SMILES string of the molecule is CCOC(=O)c1ccccc1NC(=O)c1cccnc1Cl. The maximum absolute atomic E-state index is 12.2. The van der Waals surface area contributed by atoms with E-state index in [1.165, 1.54) is 6.20 Å². The number of esters is 1. The fourth-order valence-electron chi connectivity index (χ4n) is 1.72. The van der Waals surface area contributed by atoms with Gasteiger partial charge < -0.3 is 10.1 Å². The van der Waals surface area contributed by atoms with Crippen molar-refractivity contribution in [2.75, 3.05) is 11.9 Å². The van der Waals surface area contributed by atoms with Crippen LogP contribution in [-0.4, -0.2) is 23.5 Å². The number of hydrogen-bond acceptors (Lipinski definition) is 4. The van der Waals surface area contributed by atoms with E-state index >= 15 is 0 Å². The summed E-state index contributed by atoms with van der Waals surface area (Å²) in [6.45, 7) is 1.98. The number of rotatable bonds is 4. The Labute approximate surface area is 126 Å². The highest BCUT2D eigenvalue weighted by Gasteiger charge is 2.16. The normalized spacial score (nSPS) is 10.0. The number of nitrogens with zero attached hydrogens (tertiary/aromatic N) is 1. The number of halogens is 1. The Bertz CT molecular complexity index is 673. The van der Waals surface area contributed by atoms with Gasteiger partial charge in [-0.2, -0.15) is 0 Å². The molecular weight excluding hydrogens is 292 g/mol. The molecule has 21 heavy (non-hydrogen) atoms. The molecule has 0 unspecified atom stereocenters. The Morgan fingerprint density at radius 2 is 1.90 bits per heavy atom. The molecule has 1 aromatic carbocycles. The van der Waals surface area contributed by atoms with Crippen LogP contribution < -0.4 is 5.32 Å². The number of anilines is 1. The molecule has 0 aliphatic carbocycles. The monoisotopic (exact) mass is 304 g/mol. The Hall–Kier alpha value is -2.40. The van der Waals surface area contributed by atoms with Crippen molar-refractivity contribution in [3.8, 4) is 0 Å². The minimum atomic E-state index is -0.495. The number of aromatic nitrogens is 1. The van der Waals surface area contributed by atoms with Crippen molar-refractivity contribution >= 4 is 29.2 Å². The summed E-state index contributed by atoms with van der Waals surface area (Å²) in [4.78, 5) is 27.9. The molecule has 0 spiro atoms. The molecule has 0 aliphatic rings. The molecule has 0 radical (unpaired) electrons. The Morgan fingerprint density at radius 1 is 1.19 bits per heavy atom. The quantitative estimate of drug-likeness (QED) is 0.696. The van der Waals surface area contributed by atoms with Gasteiger partial charge in [-0.15, -0.1) is 0 Å². The molecule has 5 nitrogen and oxygen atoms in total. The molecule has 1 aromatic heterocycles. The zero-order chi connectivity index (χ0) is 15.2. The summed E-state index contributed by atoms with van der Waals surface area (Å²) in [6.07, 6.45) is 1.49. The Morgan fingerprint density at radius 3 is 2.62 bits per heavy atom. The van der Waals surface area contributed by atoms with Gasteiger partial charge in [0.2, 0.25) is 0 Å². The lowest BCUT2D eigenvalue weighted by molar-refractivity contribution is 0.0527. The zero-order valence-electron chi connectivity index (χ0n) is 11.3. The van der Waals surface area contributed by atoms with Gasteiger partial charge in [0.05, 0.1) is 23.4 Å². The number of carbonyl (C=O) groups is 2. The number of hydrogen-bond donors (Lipinski definition) is 1. The minimum Gasteiger partial charge on any atom is -0.462 e. The molecule has 0 saturated heterocycles. The largest absolute Gasteiger partial charge is 0.462 e. The van der Waals surface area contributed by atoms with Crippen molar-refractivity contribution in [3.63, 3.8) is 0 Å². The van der Waals surface area contributed by atoms with Crippen molar-refractivity contribution in [2.45, 2.75) is 6.92 Å². The summed E-state index contributed by atoms with van der Waals surface area (Å²) >= 11 is 5.87. The molecule has 1 N–H and O–H groups in total. The average molecular weight is 305 g/mol. The summed E-state index contributed by atoms with van der Waals surface area (Å²) in [7, 11) is 0.